The molecule has 0 saturated heterocycles. The molecule has 8 heteroatoms. The summed E-state index contributed by atoms with van der Waals surface area (Å²) in [6.45, 7) is 2.07. The molecule has 128 valence electrons. The van der Waals surface area contributed by atoms with E-state index in [4.69, 9.17) is 0 Å². The highest BCUT2D eigenvalue weighted by Crippen LogP contribution is 2.31. The summed E-state index contributed by atoms with van der Waals surface area (Å²) in [6.07, 6.45) is -1.70. The Hall–Kier alpha value is -2.64. The highest BCUT2D eigenvalue weighted by atomic mass is 19.4. The van der Waals surface area contributed by atoms with Crippen LogP contribution in [0, 0.1) is 0 Å². The van der Waals surface area contributed by atoms with Crippen molar-refractivity contribution in [3.8, 4) is 0 Å². The summed E-state index contributed by atoms with van der Waals surface area (Å²) in [5, 5.41) is 2.62. The van der Waals surface area contributed by atoms with Crippen LogP contribution in [0.3, 0.4) is 0 Å². The second-order valence-electron chi connectivity index (χ2n) is 5.37. The van der Waals surface area contributed by atoms with Crippen LogP contribution in [-0.2, 0) is 6.18 Å². The summed E-state index contributed by atoms with van der Waals surface area (Å²) < 4.78 is 38.1. The third-order valence-corrected chi connectivity index (χ3v) is 3.55. The van der Waals surface area contributed by atoms with Crippen molar-refractivity contribution in [2.75, 3.05) is 6.54 Å². The van der Waals surface area contributed by atoms with Crippen LogP contribution >= 0.6 is 0 Å². The lowest BCUT2D eigenvalue weighted by atomic mass is 9.96. The van der Waals surface area contributed by atoms with Gasteiger partial charge in [-0.25, -0.2) is 4.98 Å². The highest BCUT2D eigenvalue weighted by molar-refractivity contribution is 5.91. The number of alkyl halides is 3. The molecule has 0 fully saturated rings. The second-order valence-corrected chi connectivity index (χ2v) is 5.37. The molecule has 0 aliphatic rings. The van der Waals surface area contributed by atoms with Crippen LogP contribution < -0.4 is 10.9 Å². The van der Waals surface area contributed by atoms with E-state index in [1.165, 1.54) is 12.3 Å². The van der Waals surface area contributed by atoms with Crippen molar-refractivity contribution in [1.82, 2.24) is 15.3 Å². The molecule has 0 radical (unpaired) electrons. The normalized spacial score (nSPS) is 12.7. The van der Waals surface area contributed by atoms with Gasteiger partial charge in [-0.3, -0.25) is 9.59 Å². The van der Waals surface area contributed by atoms with E-state index in [1.54, 1.807) is 13.0 Å². The fourth-order valence-corrected chi connectivity index (χ4v) is 2.15. The van der Waals surface area contributed by atoms with Gasteiger partial charge in [-0.1, -0.05) is 25.1 Å². The van der Waals surface area contributed by atoms with Gasteiger partial charge in [0.1, 0.15) is 5.69 Å². The van der Waals surface area contributed by atoms with E-state index in [0.717, 1.165) is 18.3 Å². The number of hydrogen-bond donors (Lipinski definition) is 2. The van der Waals surface area contributed by atoms with Crippen LogP contribution in [0.1, 0.15) is 40.9 Å². The molecule has 0 aliphatic carbocycles. The summed E-state index contributed by atoms with van der Waals surface area (Å²) in [5.41, 5.74) is -0.472. The first-order chi connectivity index (χ1) is 11.3. The zero-order valence-electron chi connectivity index (χ0n) is 12.9. The van der Waals surface area contributed by atoms with E-state index in [2.05, 4.69) is 15.3 Å². The van der Waals surface area contributed by atoms with E-state index in [-0.39, 0.29) is 18.2 Å². The molecule has 1 amide bonds. The van der Waals surface area contributed by atoms with Gasteiger partial charge >= 0.3 is 6.18 Å². The fourth-order valence-electron chi connectivity index (χ4n) is 2.15. The fraction of sp³-hybridized carbons (Fsp3) is 0.312. The molecule has 1 aromatic heterocycles. The smallest absolute Gasteiger partial charge is 0.351 e. The number of nitrogens with one attached hydrogen (secondary N) is 2. The SMILES string of the molecule is CC(CCNC(=O)c1c[nH]c(=O)cn1)c1cccc(C(F)(F)F)c1. The number of hydrogen-bond acceptors (Lipinski definition) is 3. The zero-order chi connectivity index (χ0) is 17.7. The molecule has 2 N–H and O–H groups in total. The number of halogens is 3. The molecule has 0 aliphatic heterocycles. The second kappa shape index (κ2) is 7.29. The Bertz CT molecular complexity index is 751. The van der Waals surface area contributed by atoms with Crippen LogP contribution in [0.5, 0.6) is 0 Å². The molecule has 1 atom stereocenters. The topological polar surface area (TPSA) is 74.8 Å². The Morgan fingerprint density at radius 2 is 2.12 bits per heavy atom. The molecule has 2 aromatic rings. The number of carbonyl (C=O) groups excluding carboxylic acids is 1. The van der Waals surface area contributed by atoms with E-state index in [9.17, 15) is 22.8 Å². The number of benzene rings is 1. The van der Waals surface area contributed by atoms with Crippen LogP contribution in [0.2, 0.25) is 0 Å². The van der Waals surface area contributed by atoms with Crippen LogP contribution in [0.4, 0.5) is 13.2 Å². The molecule has 1 aromatic carbocycles. The van der Waals surface area contributed by atoms with Crippen molar-refractivity contribution in [2.24, 2.45) is 0 Å². The van der Waals surface area contributed by atoms with Crippen molar-refractivity contribution in [3.05, 3.63) is 63.8 Å². The molecule has 24 heavy (non-hydrogen) atoms. The first-order valence-corrected chi connectivity index (χ1v) is 7.27. The predicted octanol–water partition coefficient (Wildman–Crippen LogP) is 2.71. The molecule has 0 saturated carbocycles. The summed E-state index contributed by atoms with van der Waals surface area (Å²) in [4.78, 5) is 28.7. The maximum atomic E-state index is 12.7. The Morgan fingerprint density at radius 3 is 2.75 bits per heavy atom. The molecule has 0 spiro atoms. The average molecular weight is 339 g/mol. The van der Waals surface area contributed by atoms with Crippen molar-refractivity contribution < 1.29 is 18.0 Å². The van der Waals surface area contributed by atoms with E-state index < -0.39 is 23.2 Å². The zero-order valence-corrected chi connectivity index (χ0v) is 12.9. The lowest BCUT2D eigenvalue weighted by Crippen LogP contribution is -2.27. The lowest BCUT2D eigenvalue weighted by molar-refractivity contribution is -0.137. The standard InChI is InChI=1S/C16H16F3N3O2/c1-10(11-3-2-4-12(7-11)16(17,18)19)5-6-20-15(24)13-8-22-14(23)9-21-13/h2-4,7-10H,5-6H2,1H3,(H,20,24)(H,22,23). The molecular formula is C16H16F3N3O2. The summed E-state index contributed by atoms with van der Waals surface area (Å²) in [5.74, 6) is -0.612. The number of rotatable bonds is 5. The lowest BCUT2D eigenvalue weighted by Gasteiger charge is -2.14. The quantitative estimate of drug-likeness (QED) is 0.879. The number of aromatic nitrogens is 2. The average Bonchev–Trinajstić information content (AvgIpc) is 2.54. The Kier molecular flexibility index (Phi) is 5.38. The minimum absolute atomic E-state index is 0.0707. The van der Waals surface area contributed by atoms with Gasteiger partial charge in [0.05, 0.1) is 11.8 Å². The Balaban J connectivity index is 1.91. The third-order valence-electron chi connectivity index (χ3n) is 3.55. The van der Waals surface area contributed by atoms with Gasteiger partial charge in [-0.05, 0) is 24.0 Å². The Labute approximate surface area is 135 Å². The number of H-pyrrole nitrogens is 1. The van der Waals surface area contributed by atoms with E-state index in [1.807, 2.05) is 0 Å². The van der Waals surface area contributed by atoms with Gasteiger partial charge in [0.15, 0.2) is 0 Å². The van der Waals surface area contributed by atoms with Gasteiger partial charge < -0.3 is 10.3 Å². The minimum Gasteiger partial charge on any atom is -0.351 e. The van der Waals surface area contributed by atoms with Crippen LogP contribution in [0.15, 0.2) is 41.5 Å². The maximum Gasteiger partial charge on any atom is 0.416 e. The molecule has 1 heterocycles. The molecular weight excluding hydrogens is 323 g/mol. The summed E-state index contributed by atoms with van der Waals surface area (Å²) in [7, 11) is 0. The van der Waals surface area contributed by atoms with Gasteiger partial charge in [-0.15, -0.1) is 0 Å². The van der Waals surface area contributed by atoms with Gasteiger partial charge in [0.25, 0.3) is 11.5 Å². The monoisotopic (exact) mass is 339 g/mol. The number of carbonyl (C=O) groups is 1. The largest absolute Gasteiger partial charge is 0.416 e. The van der Waals surface area contributed by atoms with Gasteiger partial charge in [0.2, 0.25) is 0 Å². The van der Waals surface area contributed by atoms with Crippen molar-refractivity contribution in [1.29, 1.82) is 0 Å². The molecule has 2 rings (SSSR count). The first-order valence-electron chi connectivity index (χ1n) is 7.27. The van der Waals surface area contributed by atoms with Crippen LogP contribution in [0.25, 0.3) is 0 Å². The van der Waals surface area contributed by atoms with Gasteiger partial charge in [0, 0.05) is 12.7 Å². The number of aromatic amines is 1. The number of nitrogens with zero attached hydrogens (tertiary/aromatic N) is 1. The first kappa shape index (κ1) is 17.7. The molecule has 1 unspecified atom stereocenters. The summed E-state index contributed by atoms with van der Waals surface area (Å²) in [6, 6.07) is 5.15. The molecule has 0 bridgehead atoms. The van der Waals surface area contributed by atoms with Crippen molar-refractivity contribution in [2.45, 2.75) is 25.4 Å². The summed E-state index contributed by atoms with van der Waals surface area (Å²) >= 11 is 0. The molecule has 5 nitrogen and oxygen atoms in total. The van der Waals surface area contributed by atoms with E-state index >= 15 is 0 Å². The third kappa shape index (κ3) is 4.68. The van der Waals surface area contributed by atoms with Gasteiger partial charge in [-0.2, -0.15) is 13.2 Å². The Morgan fingerprint density at radius 1 is 1.38 bits per heavy atom. The van der Waals surface area contributed by atoms with E-state index in [0.29, 0.717) is 12.0 Å². The minimum atomic E-state index is -4.38. The number of amides is 1. The predicted molar refractivity (Wildman–Crippen MR) is 81.7 cm³/mol. The van der Waals surface area contributed by atoms with Crippen molar-refractivity contribution in [3.63, 3.8) is 0 Å². The van der Waals surface area contributed by atoms with Crippen molar-refractivity contribution >= 4 is 5.91 Å². The maximum absolute atomic E-state index is 12.7. The highest BCUT2D eigenvalue weighted by Gasteiger charge is 2.30. The van der Waals surface area contributed by atoms with Crippen LogP contribution in [-0.4, -0.2) is 22.4 Å².